The van der Waals surface area contributed by atoms with Crippen LogP contribution in [0.3, 0.4) is 0 Å². The maximum atomic E-state index is 13.1. The standard InChI is InChI=1S/C18H28N2O5/c1-16(2)17(3)7-8-18(16,15(23)25-17)14(22)19-12-5-9-20(10-6-12)11-13(21)24-4/h12H,5-11H2,1-4H3,(H,19,22)/t17-,18+/m1/s1. The van der Waals surface area contributed by atoms with E-state index in [9.17, 15) is 14.4 Å². The highest BCUT2D eigenvalue weighted by atomic mass is 16.6. The molecule has 0 aromatic carbocycles. The SMILES string of the molecule is COC(=O)CN1CCC(NC(=O)[C@@]23CC[C@@](C)(OC2=O)C3(C)C)CC1. The zero-order chi connectivity index (χ0) is 18.5. The van der Waals surface area contributed by atoms with Gasteiger partial charge in [0.15, 0.2) is 5.41 Å². The quantitative estimate of drug-likeness (QED) is 0.597. The van der Waals surface area contributed by atoms with E-state index in [0.29, 0.717) is 6.42 Å². The fourth-order valence-corrected chi connectivity index (χ4v) is 4.61. The van der Waals surface area contributed by atoms with Crippen molar-refractivity contribution in [2.24, 2.45) is 10.8 Å². The number of likely N-dealkylation sites (tertiary alicyclic amines) is 1. The molecule has 3 rings (SSSR count). The summed E-state index contributed by atoms with van der Waals surface area (Å²) >= 11 is 0. The molecule has 1 N–H and O–H groups in total. The first kappa shape index (κ1) is 18.2. The fraction of sp³-hybridized carbons (Fsp3) is 0.833. The molecule has 0 unspecified atom stereocenters. The number of carbonyl (C=O) groups excluding carboxylic acids is 3. The Morgan fingerprint density at radius 2 is 1.88 bits per heavy atom. The molecule has 7 nitrogen and oxygen atoms in total. The van der Waals surface area contributed by atoms with Crippen LogP contribution in [0, 0.1) is 10.8 Å². The van der Waals surface area contributed by atoms with Gasteiger partial charge in [0.05, 0.1) is 13.7 Å². The average molecular weight is 352 g/mol. The van der Waals surface area contributed by atoms with Crippen LogP contribution in [-0.2, 0) is 23.9 Å². The highest BCUT2D eigenvalue weighted by molar-refractivity contribution is 6.06. The van der Waals surface area contributed by atoms with Gasteiger partial charge in [-0.1, -0.05) is 13.8 Å². The minimum absolute atomic E-state index is 0.0202. The topological polar surface area (TPSA) is 84.9 Å². The summed E-state index contributed by atoms with van der Waals surface area (Å²) < 4.78 is 10.3. The van der Waals surface area contributed by atoms with Gasteiger partial charge in [-0.15, -0.1) is 0 Å². The lowest BCUT2D eigenvalue weighted by Gasteiger charge is -2.37. The lowest BCUT2D eigenvalue weighted by atomic mass is 9.65. The number of esters is 2. The van der Waals surface area contributed by atoms with E-state index >= 15 is 0 Å². The molecule has 1 aliphatic carbocycles. The molecule has 2 heterocycles. The molecule has 7 heteroatoms. The Balaban J connectivity index is 1.62. The first-order chi connectivity index (χ1) is 11.7. The Bertz CT molecular complexity index is 596. The summed E-state index contributed by atoms with van der Waals surface area (Å²) in [6.45, 7) is 7.57. The average Bonchev–Trinajstić information content (AvgIpc) is 2.85. The number of hydrogen-bond acceptors (Lipinski definition) is 6. The van der Waals surface area contributed by atoms with Gasteiger partial charge in [-0.2, -0.15) is 0 Å². The van der Waals surface area contributed by atoms with Crippen LogP contribution in [0.25, 0.3) is 0 Å². The van der Waals surface area contributed by atoms with Gasteiger partial charge in [0.2, 0.25) is 5.91 Å². The molecule has 1 saturated carbocycles. The molecule has 140 valence electrons. The summed E-state index contributed by atoms with van der Waals surface area (Å²) in [5.74, 6) is -0.830. The van der Waals surface area contributed by atoms with E-state index in [2.05, 4.69) is 10.1 Å². The van der Waals surface area contributed by atoms with Crippen molar-refractivity contribution in [1.29, 1.82) is 0 Å². The molecule has 25 heavy (non-hydrogen) atoms. The van der Waals surface area contributed by atoms with Crippen LogP contribution >= 0.6 is 0 Å². The predicted octanol–water partition coefficient (Wildman–Crippen LogP) is 0.862. The smallest absolute Gasteiger partial charge is 0.322 e. The van der Waals surface area contributed by atoms with Crippen LogP contribution in [0.2, 0.25) is 0 Å². The van der Waals surface area contributed by atoms with E-state index in [0.717, 1.165) is 32.4 Å². The second-order valence-electron chi connectivity index (χ2n) is 8.25. The molecule has 0 spiro atoms. The van der Waals surface area contributed by atoms with Gasteiger partial charge < -0.3 is 14.8 Å². The molecular weight excluding hydrogens is 324 g/mol. The summed E-state index contributed by atoms with van der Waals surface area (Å²) in [6.07, 6.45) is 2.77. The maximum absolute atomic E-state index is 13.1. The molecule has 3 fully saturated rings. The highest BCUT2D eigenvalue weighted by Gasteiger charge is 2.76. The van der Waals surface area contributed by atoms with Crippen LogP contribution in [0.1, 0.15) is 46.5 Å². The van der Waals surface area contributed by atoms with E-state index in [1.165, 1.54) is 7.11 Å². The second-order valence-corrected chi connectivity index (χ2v) is 8.25. The Morgan fingerprint density at radius 3 is 2.36 bits per heavy atom. The molecule has 0 aromatic rings. The number of carbonyl (C=O) groups is 3. The largest absolute Gasteiger partial charge is 0.468 e. The van der Waals surface area contributed by atoms with Crippen molar-refractivity contribution in [3.63, 3.8) is 0 Å². The van der Waals surface area contributed by atoms with Crippen molar-refractivity contribution >= 4 is 17.8 Å². The van der Waals surface area contributed by atoms with Gasteiger partial charge in [0.1, 0.15) is 5.60 Å². The molecule has 2 aliphatic heterocycles. The van der Waals surface area contributed by atoms with Gasteiger partial charge in [0, 0.05) is 24.5 Å². The Kier molecular flexibility index (Phi) is 4.34. The van der Waals surface area contributed by atoms with Gasteiger partial charge >= 0.3 is 11.9 Å². The van der Waals surface area contributed by atoms with Crippen LogP contribution in [0.5, 0.6) is 0 Å². The monoisotopic (exact) mass is 352 g/mol. The second kappa shape index (κ2) is 5.97. The predicted molar refractivity (Wildman–Crippen MR) is 89.6 cm³/mol. The summed E-state index contributed by atoms with van der Waals surface area (Å²) in [7, 11) is 1.38. The van der Waals surface area contributed by atoms with Gasteiger partial charge in [-0.05, 0) is 32.6 Å². The summed E-state index contributed by atoms with van der Waals surface area (Å²) in [5.41, 5.74) is -2.16. The van der Waals surface area contributed by atoms with Crippen LogP contribution in [-0.4, -0.2) is 61.1 Å². The van der Waals surface area contributed by atoms with Crippen molar-refractivity contribution in [2.75, 3.05) is 26.7 Å². The molecule has 1 amide bonds. The number of piperidine rings is 1. The number of rotatable bonds is 4. The highest BCUT2D eigenvalue weighted by Crippen LogP contribution is 2.65. The van der Waals surface area contributed by atoms with Gasteiger partial charge in [-0.3, -0.25) is 19.3 Å². The molecule has 0 radical (unpaired) electrons. The minimum Gasteiger partial charge on any atom is -0.468 e. The van der Waals surface area contributed by atoms with Gasteiger partial charge in [0.25, 0.3) is 0 Å². The normalized spacial score (nSPS) is 34.6. The Labute approximate surface area is 148 Å². The number of hydrogen-bond donors (Lipinski definition) is 1. The van der Waals surface area contributed by atoms with E-state index in [1.807, 2.05) is 25.7 Å². The maximum Gasteiger partial charge on any atom is 0.322 e. The molecule has 3 aliphatic rings. The number of nitrogens with one attached hydrogen (secondary N) is 1. The van der Waals surface area contributed by atoms with Crippen molar-refractivity contribution in [1.82, 2.24) is 10.2 Å². The zero-order valence-electron chi connectivity index (χ0n) is 15.5. The summed E-state index contributed by atoms with van der Waals surface area (Å²) in [6, 6.07) is 0.0202. The summed E-state index contributed by atoms with van der Waals surface area (Å²) in [5, 5.41) is 3.09. The van der Waals surface area contributed by atoms with Crippen molar-refractivity contribution in [2.45, 2.75) is 58.1 Å². The lowest BCUT2D eigenvalue weighted by Crippen LogP contribution is -2.55. The molecule has 2 bridgehead atoms. The Morgan fingerprint density at radius 1 is 1.24 bits per heavy atom. The molecule has 0 aromatic heterocycles. The van der Waals surface area contributed by atoms with Crippen LogP contribution < -0.4 is 5.32 Å². The number of amides is 1. The lowest BCUT2D eigenvalue weighted by molar-refractivity contribution is -0.162. The number of nitrogens with zero attached hydrogens (tertiary/aromatic N) is 1. The zero-order valence-corrected chi connectivity index (χ0v) is 15.5. The van der Waals surface area contributed by atoms with Crippen LogP contribution in [0.4, 0.5) is 0 Å². The number of ether oxygens (including phenoxy) is 2. The van der Waals surface area contributed by atoms with Crippen molar-refractivity contribution < 1.29 is 23.9 Å². The van der Waals surface area contributed by atoms with E-state index < -0.39 is 16.4 Å². The minimum atomic E-state index is -1.08. The van der Waals surface area contributed by atoms with Crippen LogP contribution in [0.15, 0.2) is 0 Å². The van der Waals surface area contributed by atoms with E-state index in [-0.39, 0.29) is 30.4 Å². The van der Waals surface area contributed by atoms with Crippen molar-refractivity contribution in [3.05, 3.63) is 0 Å². The van der Waals surface area contributed by atoms with Crippen molar-refractivity contribution in [3.8, 4) is 0 Å². The van der Waals surface area contributed by atoms with E-state index in [4.69, 9.17) is 4.74 Å². The Hall–Kier alpha value is -1.63. The third-order valence-electron chi connectivity index (χ3n) is 6.92. The molecular formula is C18H28N2O5. The third-order valence-corrected chi connectivity index (χ3v) is 6.92. The first-order valence-corrected chi connectivity index (χ1v) is 9.00. The number of fused-ring (bicyclic) bond motifs is 2. The third kappa shape index (κ3) is 2.55. The number of methoxy groups -OCH3 is 1. The molecule has 2 saturated heterocycles. The summed E-state index contributed by atoms with van der Waals surface area (Å²) in [4.78, 5) is 39.0. The van der Waals surface area contributed by atoms with E-state index in [1.54, 1.807) is 0 Å². The van der Waals surface area contributed by atoms with Gasteiger partial charge in [-0.25, -0.2) is 0 Å². The fourth-order valence-electron chi connectivity index (χ4n) is 4.61. The first-order valence-electron chi connectivity index (χ1n) is 9.00. The molecule has 2 atom stereocenters.